The van der Waals surface area contributed by atoms with Crippen LogP contribution < -0.4 is 4.74 Å². The SMILES string of the molecule is Cc1cc(C)cc(O[C@H](C)C(=O)N(C)[C@@H]2CCCC[C@H]2O)c1. The molecule has 0 aliphatic heterocycles. The van der Waals surface area contributed by atoms with Gasteiger partial charge in [0.05, 0.1) is 12.1 Å². The second kappa shape index (κ2) is 7.14. The molecule has 4 heteroatoms. The molecule has 1 aromatic carbocycles. The van der Waals surface area contributed by atoms with Gasteiger partial charge in [-0.05, 0) is 56.9 Å². The molecule has 0 saturated heterocycles. The van der Waals surface area contributed by atoms with Gasteiger partial charge in [0.15, 0.2) is 6.10 Å². The number of hydrogen-bond acceptors (Lipinski definition) is 3. The zero-order chi connectivity index (χ0) is 16.3. The summed E-state index contributed by atoms with van der Waals surface area (Å²) in [7, 11) is 1.77. The standard InChI is InChI=1S/C18H27NO3/c1-12-9-13(2)11-15(10-12)22-14(3)18(21)19(4)16-7-5-6-8-17(16)20/h9-11,14,16-17,20H,5-8H2,1-4H3/t14-,16-,17-/m1/s1. The molecule has 1 aliphatic rings. The van der Waals surface area contributed by atoms with Crippen molar-refractivity contribution >= 4 is 5.91 Å². The first-order valence-corrected chi connectivity index (χ1v) is 8.08. The number of nitrogens with zero attached hydrogens (tertiary/aromatic N) is 1. The first-order valence-electron chi connectivity index (χ1n) is 8.08. The number of carbonyl (C=O) groups excluding carboxylic acids is 1. The monoisotopic (exact) mass is 305 g/mol. The number of hydrogen-bond donors (Lipinski definition) is 1. The van der Waals surface area contributed by atoms with Crippen LogP contribution in [-0.4, -0.2) is 41.2 Å². The summed E-state index contributed by atoms with van der Waals surface area (Å²) >= 11 is 0. The van der Waals surface area contributed by atoms with Crippen LogP contribution in [0.4, 0.5) is 0 Å². The summed E-state index contributed by atoms with van der Waals surface area (Å²) in [5.41, 5.74) is 2.23. The first-order chi connectivity index (χ1) is 10.4. The van der Waals surface area contributed by atoms with Crippen molar-refractivity contribution in [1.29, 1.82) is 0 Å². The van der Waals surface area contributed by atoms with Gasteiger partial charge in [-0.2, -0.15) is 0 Å². The van der Waals surface area contributed by atoms with E-state index in [0.29, 0.717) is 0 Å². The highest BCUT2D eigenvalue weighted by Gasteiger charge is 2.31. The summed E-state index contributed by atoms with van der Waals surface area (Å²) in [6, 6.07) is 5.86. The van der Waals surface area contributed by atoms with E-state index >= 15 is 0 Å². The van der Waals surface area contributed by atoms with Crippen LogP contribution in [-0.2, 0) is 4.79 Å². The van der Waals surface area contributed by atoms with E-state index in [1.54, 1.807) is 18.9 Å². The van der Waals surface area contributed by atoms with Crippen molar-refractivity contribution in [1.82, 2.24) is 4.90 Å². The third kappa shape index (κ3) is 4.01. The summed E-state index contributed by atoms with van der Waals surface area (Å²) in [6.45, 7) is 5.79. The number of carbonyl (C=O) groups is 1. The Labute approximate surface area is 133 Å². The summed E-state index contributed by atoms with van der Waals surface area (Å²) in [5, 5.41) is 10.1. The fourth-order valence-electron chi connectivity index (χ4n) is 3.25. The highest BCUT2D eigenvalue weighted by Crippen LogP contribution is 2.24. The third-order valence-electron chi connectivity index (χ3n) is 4.39. The van der Waals surface area contributed by atoms with E-state index in [0.717, 1.165) is 42.6 Å². The zero-order valence-corrected chi connectivity index (χ0v) is 14.0. The lowest BCUT2D eigenvalue weighted by molar-refractivity contribution is -0.142. The summed E-state index contributed by atoms with van der Waals surface area (Å²) in [4.78, 5) is 14.2. The van der Waals surface area contributed by atoms with Gasteiger partial charge in [-0.1, -0.05) is 18.9 Å². The molecule has 1 fully saturated rings. The molecule has 0 unspecified atom stereocenters. The van der Waals surface area contributed by atoms with Gasteiger partial charge >= 0.3 is 0 Å². The van der Waals surface area contributed by atoms with Gasteiger partial charge in [-0.25, -0.2) is 0 Å². The number of benzene rings is 1. The van der Waals surface area contributed by atoms with Crippen molar-refractivity contribution in [2.24, 2.45) is 0 Å². The molecule has 1 aromatic rings. The Balaban J connectivity index is 2.01. The van der Waals surface area contributed by atoms with Crippen molar-refractivity contribution < 1.29 is 14.6 Å². The van der Waals surface area contributed by atoms with Gasteiger partial charge in [0, 0.05) is 7.05 Å². The smallest absolute Gasteiger partial charge is 0.263 e. The number of amides is 1. The van der Waals surface area contributed by atoms with E-state index < -0.39 is 12.2 Å². The number of ether oxygens (including phenoxy) is 1. The van der Waals surface area contributed by atoms with Crippen molar-refractivity contribution in [2.45, 2.75) is 64.7 Å². The van der Waals surface area contributed by atoms with Crippen LogP contribution >= 0.6 is 0 Å². The van der Waals surface area contributed by atoms with E-state index in [4.69, 9.17) is 4.74 Å². The Morgan fingerprint density at radius 2 is 1.82 bits per heavy atom. The van der Waals surface area contributed by atoms with Crippen LogP contribution in [0.15, 0.2) is 18.2 Å². The van der Waals surface area contributed by atoms with Crippen LogP contribution in [0.5, 0.6) is 5.75 Å². The van der Waals surface area contributed by atoms with E-state index in [2.05, 4.69) is 6.07 Å². The van der Waals surface area contributed by atoms with Crippen LogP contribution in [0.25, 0.3) is 0 Å². The van der Waals surface area contributed by atoms with Gasteiger partial charge in [0.2, 0.25) is 0 Å². The minimum atomic E-state index is -0.555. The zero-order valence-electron chi connectivity index (χ0n) is 14.0. The predicted molar refractivity (Wildman–Crippen MR) is 87.0 cm³/mol. The minimum absolute atomic E-state index is 0.0786. The van der Waals surface area contributed by atoms with E-state index in [-0.39, 0.29) is 11.9 Å². The number of aliphatic hydroxyl groups excluding tert-OH is 1. The van der Waals surface area contributed by atoms with Crippen molar-refractivity contribution in [3.05, 3.63) is 29.3 Å². The molecular formula is C18H27NO3. The maximum atomic E-state index is 12.6. The summed E-state index contributed by atoms with van der Waals surface area (Å²) in [6.07, 6.45) is 2.75. The lowest BCUT2D eigenvalue weighted by atomic mass is 9.91. The average molecular weight is 305 g/mol. The molecule has 122 valence electrons. The maximum Gasteiger partial charge on any atom is 0.263 e. The third-order valence-corrected chi connectivity index (χ3v) is 4.39. The lowest BCUT2D eigenvalue weighted by Gasteiger charge is -2.36. The van der Waals surface area contributed by atoms with E-state index in [1.807, 2.05) is 26.0 Å². The fourth-order valence-corrected chi connectivity index (χ4v) is 3.25. The largest absolute Gasteiger partial charge is 0.481 e. The van der Waals surface area contributed by atoms with Crippen LogP contribution in [0.1, 0.15) is 43.7 Å². The molecule has 4 nitrogen and oxygen atoms in total. The first kappa shape index (κ1) is 16.8. The lowest BCUT2D eigenvalue weighted by Crippen LogP contribution is -2.50. The molecule has 1 saturated carbocycles. The number of aliphatic hydroxyl groups is 1. The Bertz CT molecular complexity index is 509. The molecule has 0 aromatic heterocycles. The van der Waals surface area contributed by atoms with Gasteiger partial charge < -0.3 is 14.7 Å². The Morgan fingerprint density at radius 3 is 2.41 bits per heavy atom. The minimum Gasteiger partial charge on any atom is -0.481 e. The van der Waals surface area contributed by atoms with Crippen molar-refractivity contribution in [3.63, 3.8) is 0 Å². The fraction of sp³-hybridized carbons (Fsp3) is 0.611. The summed E-state index contributed by atoms with van der Waals surface area (Å²) < 4.78 is 5.81. The summed E-state index contributed by atoms with van der Waals surface area (Å²) in [5.74, 6) is 0.640. The Morgan fingerprint density at radius 1 is 1.23 bits per heavy atom. The number of aryl methyl sites for hydroxylation is 2. The quantitative estimate of drug-likeness (QED) is 0.930. The molecule has 0 heterocycles. The average Bonchev–Trinajstić information content (AvgIpc) is 2.45. The van der Waals surface area contributed by atoms with E-state index in [9.17, 15) is 9.90 Å². The molecule has 3 atom stereocenters. The number of likely N-dealkylation sites (N-methyl/N-ethyl adjacent to an activating group) is 1. The van der Waals surface area contributed by atoms with Crippen molar-refractivity contribution in [2.75, 3.05) is 7.05 Å². The molecule has 0 radical (unpaired) electrons. The van der Waals surface area contributed by atoms with Gasteiger partial charge in [0.1, 0.15) is 5.75 Å². The molecule has 0 bridgehead atoms. The molecule has 2 rings (SSSR count). The predicted octanol–water partition coefficient (Wildman–Crippen LogP) is 2.83. The molecular weight excluding hydrogens is 278 g/mol. The molecule has 1 aliphatic carbocycles. The highest BCUT2D eigenvalue weighted by atomic mass is 16.5. The molecule has 1 N–H and O–H groups in total. The van der Waals surface area contributed by atoms with Crippen LogP contribution in [0.2, 0.25) is 0 Å². The number of rotatable bonds is 4. The van der Waals surface area contributed by atoms with Crippen molar-refractivity contribution in [3.8, 4) is 5.75 Å². The van der Waals surface area contributed by atoms with E-state index in [1.165, 1.54) is 0 Å². The topological polar surface area (TPSA) is 49.8 Å². The van der Waals surface area contributed by atoms with Gasteiger partial charge in [-0.15, -0.1) is 0 Å². The highest BCUT2D eigenvalue weighted by molar-refractivity contribution is 5.81. The van der Waals surface area contributed by atoms with Gasteiger partial charge in [-0.3, -0.25) is 4.79 Å². The van der Waals surface area contributed by atoms with Crippen LogP contribution in [0, 0.1) is 13.8 Å². The normalized spacial score (nSPS) is 23.0. The molecule has 1 amide bonds. The van der Waals surface area contributed by atoms with Crippen LogP contribution in [0.3, 0.4) is 0 Å². The Kier molecular flexibility index (Phi) is 5.46. The molecule has 22 heavy (non-hydrogen) atoms. The Hall–Kier alpha value is -1.55. The second-order valence-electron chi connectivity index (χ2n) is 6.45. The van der Waals surface area contributed by atoms with Gasteiger partial charge in [0.25, 0.3) is 5.91 Å². The second-order valence-corrected chi connectivity index (χ2v) is 6.45. The molecule has 0 spiro atoms. The maximum absolute atomic E-state index is 12.6.